The molecule has 1 aliphatic rings. The number of hydrogen-bond acceptors (Lipinski definition) is 8. The smallest absolute Gasteiger partial charge is 0.320 e. The highest BCUT2D eigenvalue weighted by Crippen LogP contribution is 2.40. The van der Waals surface area contributed by atoms with Gasteiger partial charge in [-0.3, -0.25) is 10.1 Å². The summed E-state index contributed by atoms with van der Waals surface area (Å²) in [4.78, 5) is 26.5. The van der Waals surface area contributed by atoms with E-state index in [4.69, 9.17) is 0 Å². The number of thiazole rings is 1. The third-order valence-electron chi connectivity index (χ3n) is 5.12. The van der Waals surface area contributed by atoms with Crippen LogP contribution in [-0.4, -0.2) is 26.4 Å². The highest BCUT2D eigenvalue weighted by Gasteiger charge is 2.30. The first kappa shape index (κ1) is 18.4. The van der Waals surface area contributed by atoms with E-state index in [1.807, 2.05) is 48.2 Å². The summed E-state index contributed by atoms with van der Waals surface area (Å²) < 4.78 is 1.01. The van der Waals surface area contributed by atoms with Crippen molar-refractivity contribution in [1.29, 1.82) is 0 Å². The van der Waals surface area contributed by atoms with Crippen LogP contribution in [0.3, 0.4) is 0 Å². The standard InChI is InChI=1S/C21H18N6O2S/c1-13-8-9-15-17(11-13)30-21(24-15)25-19-18(27(28)29)20(23-12-22-19)26-10-4-6-14-5-2-3-7-16(14)26/h2-3,5,7-9,11-12H,4,6,10H2,1H3,(H,22,23,24,25). The molecule has 0 saturated carbocycles. The van der Waals surface area contributed by atoms with E-state index in [-0.39, 0.29) is 11.5 Å². The number of para-hydroxylation sites is 1. The summed E-state index contributed by atoms with van der Waals surface area (Å²) in [6, 6.07) is 13.9. The monoisotopic (exact) mass is 418 g/mol. The number of nitrogens with one attached hydrogen (secondary N) is 1. The lowest BCUT2D eigenvalue weighted by molar-refractivity contribution is -0.383. The SMILES string of the molecule is Cc1ccc2nc(Nc3ncnc(N4CCCc5ccccc54)c3[N+](=O)[O-])sc2c1. The molecule has 0 bridgehead atoms. The molecule has 0 atom stereocenters. The number of nitrogens with zero attached hydrogens (tertiary/aromatic N) is 5. The fraction of sp³-hybridized carbons (Fsp3) is 0.190. The van der Waals surface area contributed by atoms with Gasteiger partial charge in [-0.05, 0) is 49.1 Å². The second kappa shape index (κ2) is 7.34. The van der Waals surface area contributed by atoms with E-state index in [2.05, 4.69) is 26.3 Å². The van der Waals surface area contributed by atoms with Crippen LogP contribution in [0.4, 0.5) is 28.1 Å². The van der Waals surface area contributed by atoms with E-state index in [0.29, 0.717) is 17.5 Å². The van der Waals surface area contributed by atoms with E-state index < -0.39 is 4.92 Å². The number of aromatic nitrogens is 3. The Hall–Kier alpha value is -3.59. The zero-order valence-corrected chi connectivity index (χ0v) is 17.0. The Bertz CT molecular complexity index is 1270. The summed E-state index contributed by atoms with van der Waals surface area (Å²) in [6.07, 6.45) is 3.21. The van der Waals surface area contributed by atoms with Gasteiger partial charge in [0.05, 0.1) is 15.1 Å². The topological polar surface area (TPSA) is 97.1 Å². The van der Waals surface area contributed by atoms with Gasteiger partial charge in [0.15, 0.2) is 5.13 Å². The third-order valence-corrected chi connectivity index (χ3v) is 6.05. The quantitative estimate of drug-likeness (QED) is 0.362. The van der Waals surface area contributed by atoms with Crippen molar-refractivity contribution in [2.45, 2.75) is 19.8 Å². The van der Waals surface area contributed by atoms with Crippen molar-refractivity contribution in [2.75, 3.05) is 16.8 Å². The lowest BCUT2D eigenvalue weighted by atomic mass is 10.0. The van der Waals surface area contributed by atoms with Crippen molar-refractivity contribution in [3.05, 3.63) is 70.0 Å². The van der Waals surface area contributed by atoms with Crippen LogP contribution in [0, 0.1) is 17.0 Å². The van der Waals surface area contributed by atoms with Crippen LogP contribution < -0.4 is 10.2 Å². The number of anilines is 4. The van der Waals surface area contributed by atoms with Crippen LogP contribution >= 0.6 is 11.3 Å². The van der Waals surface area contributed by atoms with Gasteiger partial charge in [-0.25, -0.2) is 15.0 Å². The van der Waals surface area contributed by atoms with Crippen molar-refractivity contribution in [2.24, 2.45) is 0 Å². The number of fused-ring (bicyclic) bond motifs is 2. The zero-order chi connectivity index (χ0) is 20.7. The molecular weight excluding hydrogens is 400 g/mol. The minimum absolute atomic E-state index is 0.142. The van der Waals surface area contributed by atoms with E-state index in [0.717, 1.165) is 39.9 Å². The van der Waals surface area contributed by atoms with Gasteiger partial charge in [0, 0.05) is 12.2 Å². The lowest BCUT2D eigenvalue weighted by Crippen LogP contribution is -2.26. The Morgan fingerprint density at radius 1 is 1.20 bits per heavy atom. The largest absolute Gasteiger partial charge is 0.354 e. The third kappa shape index (κ3) is 3.22. The molecule has 8 nitrogen and oxygen atoms in total. The van der Waals surface area contributed by atoms with E-state index in [9.17, 15) is 10.1 Å². The van der Waals surface area contributed by atoms with Crippen LogP contribution in [0.1, 0.15) is 17.5 Å². The van der Waals surface area contributed by atoms with Crippen molar-refractivity contribution < 1.29 is 4.92 Å². The molecule has 1 N–H and O–H groups in total. The molecule has 150 valence electrons. The normalized spacial score (nSPS) is 13.3. The molecule has 5 rings (SSSR count). The first-order valence-corrected chi connectivity index (χ1v) is 10.4. The molecule has 0 unspecified atom stereocenters. The lowest BCUT2D eigenvalue weighted by Gasteiger charge is -2.30. The van der Waals surface area contributed by atoms with E-state index >= 15 is 0 Å². The Balaban J connectivity index is 1.58. The predicted octanol–water partition coefficient (Wildman–Crippen LogP) is 5.13. The number of benzene rings is 2. The van der Waals surface area contributed by atoms with Crippen molar-refractivity contribution in [3.8, 4) is 0 Å². The number of nitro groups is 1. The average molecular weight is 418 g/mol. The minimum Gasteiger partial charge on any atom is -0.320 e. The maximum atomic E-state index is 12.0. The van der Waals surface area contributed by atoms with Crippen molar-refractivity contribution >= 4 is 49.7 Å². The molecule has 0 saturated heterocycles. The van der Waals surface area contributed by atoms with Gasteiger partial charge in [-0.1, -0.05) is 35.6 Å². The van der Waals surface area contributed by atoms with E-state index in [1.165, 1.54) is 17.7 Å². The zero-order valence-electron chi connectivity index (χ0n) is 16.2. The molecule has 0 spiro atoms. The Labute approximate surface area is 176 Å². The van der Waals surface area contributed by atoms with Crippen LogP contribution in [0.15, 0.2) is 48.8 Å². The fourth-order valence-electron chi connectivity index (χ4n) is 3.77. The molecule has 0 radical (unpaired) electrons. The maximum absolute atomic E-state index is 12.0. The average Bonchev–Trinajstić information content (AvgIpc) is 3.14. The van der Waals surface area contributed by atoms with Gasteiger partial charge in [0.2, 0.25) is 11.6 Å². The highest BCUT2D eigenvalue weighted by atomic mass is 32.1. The number of hydrogen-bond donors (Lipinski definition) is 1. The van der Waals surface area contributed by atoms with Crippen molar-refractivity contribution in [3.63, 3.8) is 0 Å². The molecule has 1 aliphatic heterocycles. The second-order valence-electron chi connectivity index (χ2n) is 7.15. The summed E-state index contributed by atoms with van der Waals surface area (Å²) in [6.45, 7) is 2.68. The number of aryl methyl sites for hydroxylation is 2. The molecule has 2 aromatic carbocycles. The molecule has 9 heteroatoms. The predicted molar refractivity (Wildman–Crippen MR) is 118 cm³/mol. The number of rotatable bonds is 4. The summed E-state index contributed by atoms with van der Waals surface area (Å²) in [7, 11) is 0. The molecular formula is C21H18N6O2S. The molecule has 3 heterocycles. The first-order valence-electron chi connectivity index (χ1n) is 9.59. The highest BCUT2D eigenvalue weighted by molar-refractivity contribution is 7.22. The van der Waals surface area contributed by atoms with Crippen LogP contribution in [-0.2, 0) is 6.42 Å². The van der Waals surface area contributed by atoms with Gasteiger partial charge in [-0.2, -0.15) is 0 Å². The first-order chi connectivity index (χ1) is 14.6. The van der Waals surface area contributed by atoms with Gasteiger partial charge >= 0.3 is 5.69 Å². The molecule has 0 fully saturated rings. The van der Waals surface area contributed by atoms with Gasteiger partial charge in [0.1, 0.15) is 6.33 Å². The van der Waals surface area contributed by atoms with Gasteiger partial charge in [0.25, 0.3) is 0 Å². The second-order valence-corrected chi connectivity index (χ2v) is 8.18. The van der Waals surface area contributed by atoms with Crippen LogP contribution in [0.5, 0.6) is 0 Å². The van der Waals surface area contributed by atoms with E-state index in [1.54, 1.807) is 0 Å². The maximum Gasteiger partial charge on any atom is 0.354 e. The molecule has 30 heavy (non-hydrogen) atoms. The molecule has 2 aromatic heterocycles. The Kier molecular flexibility index (Phi) is 4.51. The summed E-state index contributed by atoms with van der Waals surface area (Å²) >= 11 is 1.44. The van der Waals surface area contributed by atoms with Gasteiger partial charge < -0.3 is 10.2 Å². The summed E-state index contributed by atoms with van der Waals surface area (Å²) in [5.74, 6) is 0.436. The van der Waals surface area contributed by atoms with Crippen molar-refractivity contribution in [1.82, 2.24) is 15.0 Å². The van der Waals surface area contributed by atoms with Crippen LogP contribution in [0.25, 0.3) is 10.2 Å². The van der Waals surface area contributed by atoms with Gasteiger partial charge in [-0.15, -0.1) is 0 Å². The molecule has 4 aromatic rings. The molecule has 0 amide bonds. The Morgan fingerprint density at radius 3 is 2.93 bits per heavy atom. The minimum atomic E-state index is -0.424. The van der Waals surface area contributed by atoms with Crippen LogP contribution in [0.2, 0.25) is 0 Å². The Morgan fingerprint density at radius 2 is 2.07 bits per heavy atom. The summed E-state index contributed by atoms with van der Waals surface area (Å²) in [5, 5.41) is 15.7. The molecule has 0 aliphatic carbocycles. The fourth-order valence-corrected chi connectivity index (χ4v) is 4.73. The summed E-state index contributed by atoms with van der Waals surface area (Å²) in [5.41, 5.74) is 3.94.